The van der Waals surface area contributed by atoms with Crippen LogP contribution < -0.4 is 11.1 Å². The van der Waals surface area contributed by atoms with Crippen LogP contribution in [0.4, 0.5) is 10.1 Å². The Morgan fingerprint density at radius 2 is 2.20 bits per heavy atom. The van der Waals surface area contributed by atoms with Gasteiger partial charge in [0.2, 0.25) is 0 Å². The monoisotopic (exact) mass is 210 g/mol. The summed E-state index contributed by atoms with van der Waals surface area (Å²) in [6.07, 6.45) is 2.18. The van der Waals surface area contributed by atoms with E-state index in [4.69, 9.17) is 5.73 Å². The van der Waals surface area contributed by atoms with E-state index in [-0.39, 0.29) is 12.4 Å². The van der Waals surface area contributed by atoms with Crippen LogP contribution in [0.15, 0.2) is 18.2 Å². The highest BCUT2D eigenvalue weighted by Gasteiger charge is 2.08. The molecule has 0 radical (unpaired) electrons. The second-order valence-corrected chi connectivity index (χ2v) is 3.80. The summed E-state index contributed by atoms with van der Waals surface area (Å²) >= 11 is 0. The van der Waals surface area contributed by atoms with Crippen molar-refractivity contribution >= 4 is 5.69 Å². The average Bonchev–Trinajstić information content (AvgIpc) is 2.18. The number of hydrogen-bond donors (Lipinski definition) is 2. The number of benzene rings is 1. The number of nitrogens with one attached hydrogen (secondary N) is 1. The van der Waals surface area contributed by atoms with E-state index in [1.807, 2.05) is 6.07 Å². The zero-order valence-electron chi connectivity index (χ0n) is 9.39. The quantitative estimate of drug-likeness (QED) is 0.784. The smallest absolute Gasteiger partial charge is 0.129 e. The first-order chi connectivity index (χ1) is 7.19. The summed E-state index contributed by atoms with van der Waals surface area (Å²) in [5.74, 6) is -0.230. The van der Waals surface area contributed by atoms with E-state index >= 15 is 0 Å². The summed E-state index contributed by atoms with van der Waals surface area (Å²) in [4.78, 5) is 0. The van der Waals surface area contributed by atoms with Crippen LogP contribution in [0.25, 0.3) is 0 Å². The predicted molar refractivity (Wildman–Crippen MR) is 62.3 cm³/mol. The molecule has 0 heterocycles. The third-order valence-electron chi connectivity index (χ3n) is 2.45. The van der Waals surface area contributed by atoms with Crippen molar-refractivity contribution in [2.24, 2.45) is 5.73 Å². The van der Waals surface area contributed by atoms with E-state index in [9.17, 15) is 4.39 Å². The van der Waals surface area contributed by atoms with Gasteiger partial charge in [0.25, 0.3) is 0 Å². The lowest BCUT2D eigenvalue weighted by Gasteiger charge is -2.17. The van der Waals surface area contributed by atoms with Gasteiger partial charge >= 0.3 is 0 Å². The molecule has 2 nitrogen and oxygen atoms in total. The van der Waals surface area contributed by atoms with Crippen molar-refractivity contribution in [2.75, 3.05) is 5.32 Å². The minimum atomic E-state index is -0.230. The number of halogens is 1. The van der Waals surface area contributed by atoms with Crippen LogP contribution in [0, 0.1) is 5.82 Å². The molecule has 0 amide bonds. The molecule has 84 valence electrons. The largest absolute Gasteiger partial charge is 0.382 e. The van der Waals surface area contributed by atoms with Gasteiger partial charge in [-0.15, -0.1) is 0 Å². The van der Waals surface area contributed by atoms with Gasteiger partial charge in [-0.1, -0.05) is 19.4 Å². The van der Waals surface area contributed by atoms with Crippen molar-refractivity contribution in [3.63, 3.8) is 0 Å². The molecule has 15 heavy (non-hydrogen) atoms. The van der Waals surface area contributed by atoms with Crippen LogP contribution in [0.1, 0.15) is 32.3 Å². The Kier molecular flexibility index (Phi) is 4.56. The lowest BCUT2D eigenvalue weighted by Crippen LogP contribution is -2.17. The Balaban J connectivity index is 2.80. The lowest BCUT2D eigenvalue weighted by atomic mass is 10.1. The van der Waals surface area contributed by atoms with Crippen LogP contribution in [0.3, 0.4) is 0 Å². The van der Waals surface area contributed by atoms with Gasteiger partial charge in [-0.25, -0.2) is 4.39 Å². The minimum absolute atomic E-state index is 0.230. The van der Waals surface area contributed by atoms with Crippen molar-refractivity contribution in [1.29, 1.82) is 0 Å². The van der Waals surface area contributed by atoms with Gasteiger partial charge in [-0.05, 0) is 25.5 Å². The van der Waals surface area contributed by atoms with E-state index in [0.717, 1.165) is 18.5 Å². The number of rotatable bonds is 5. The Labute approximate surface area is 90.7 Å². The van der Waals surface area contributed by atoms with Crippen LogP contribution in [-0.2, 0) is 6.54 Å². The molecule has 3 heteroatoms. The molecule has 1 unspecified atom stereocenters. The highest BCUT2D eigenvalue weighted by atomic mass is 19.1. The fourth-order valence-electron chi connectivity index (χ4n) is 1.67. The molecule has 0 aromatic heterocycles. The molecule has 0 aliphatic rings. The molecule has 0 aliphatic carbocycles. The Morgan fingerprint density at radius 1 is 1.47 bits per heavy atom. The Hall–Kier alpha value is -1.09. The molecule has 1 atom stereocenters. The number of anilines is 1. The lowest BCUT2D eigenvalue weighted by molar-refractivity contribution is 0.609. The molecule has 1 aromatic rings. The maximum Gasteiger partial charge on any atom is 0.129 e. The van der Waals surface area contributed by atoms with Crippen molar-refractivity contribution in [1.82, 2.24) is 0 Å². The molecule has 0 saturated heterocycles. The van der Waals surface area contributed by atoms with Crippen molar-refractivity contribution in [2.45, 2.75) is 39.3 Å². The number of nitrogens with two attached hydrogens (primary N) is 1. The van der Waals surface area contributed by atoms with Gasteiger partial charge in [-0.2, -0.15) is 0 Å². The van der Waals surface area contributed by atoms with Gasteiger partial charge in [0, 0.05) is 23.8 Å². The molecule has 0 fully saturated rings. The van der Waals surface area contributed by atoms with Gasteiger partial charge in [-0.3, -0.25) is 0 Å². The van der Waals surface area contributed by atoms with E-state index in [2.05, 4.69) is 19.2 Å². The summed E-state index contributed by atoms with van der Waals surface area (Å²) in [5, 5.41) is 3.28. The van der Waals surface area contributed by atoms with Gasteiger partial charge < -0.3 is 11.1 Å². The predicted octanol–water partition coefficient (Wildman–Crippen LogP) is 2.88. The van der Waals surface area contributed by atoms with Crippen molar-refractivity contribution < 1.29 is 4.39 Å². The summed E-state index contributed by atoms with van der Waals surface area (Å²) in [6.45, 7) is 4.45. The third-order valence-corrected chi connectivity index (χ3v) is 2.45. The first kappa shape index (κ1) is 12.0. The Morgan fingerprint density at radius 3 is 2.80 bits per heavy atom. The molecular formula is C12H19FN2. The van der Waals surface area contributed by atoms with Crippen LogP contribution in [0.5, 0.6) is 0 Å². The van der Waals surface area contributed by atoms with Gasteiger partial charge in [0.05, 0.1) is 0 Å². The normalized spacial score (nSPS) is 12.5. The Bertz CT molecular complexity index is 312. The SMILES string of the molecule is CCCC(C)Nc1cccc(F)c1CN. The van der Waals surface area contributed by atoms with E-state index in [1.165, 1.54) is 6.07 Å². The molecule has 1 aromatic carbocycles. The molecule has 3 N–H and O–H groups in total. The second-order valence-electron chi connectivity index (χ2n) is 3.80. The third kappa shape index (κ3) is 3.20. The van der Waals surface area contributed by atoms with E-state index < -0.39 is 0 Å². The molecule has 0 saturated carbocycles. The fourth-order valence-corrected chi connectivity index (χ4v) is 1.67. The maximum atomic E-state index is 13.4. The molecule has 0 bridgehead atoms. The van der Waals surface area contributed by atoms with Gasteiger partial charge in [0.15, 0.2) is 0 Å². The van der Waals surface area contributed by atoms with Crippen LogP contribution in [-0.4, -0.2) is 6.04 Å². The molecule has 0 spiro atoms. The molecule has 0 aliphatic heterocycles. The summed E-state index contributed by atoms with van der Waals surface area (Å²) in [7, 11) is 0. The molecule has 1 rings (SSSR count). The molecular weight excluding hydrogens is 191 g/mol. The maximum absolute atomic E-state index is 13.4. The van der Waals surface area contributed by atoms with Crippen molar-refractivity contribution in [3.05, 3.63) is 29.6 Å². The first-order valence-corrected chi connectivity index (χ1v) is 5.43. The highest BCUT2D eigenvalue weighted by molar-refractivity contribution is 5.52. The van der Waals surface area contributed by atoms with Gasteiger partial charge in [0.1, 0.15) is 5.82 Å². The van der Waals surface area contributed by atoms with Crippen molar-refractivity contribution in [3.8, 4) is 0 Å². The zero-order valence-corrected chi connectivity index (χ0v) is 9.39. The zero-order chi connectivity index (χ0) is 11.3. The minimum Gasteiger partial charge on any atom is -0.382 e. The van der Waals surface area contributed by atoms with E-state index in [1.54, 1.807) is 6.07 Å². The first-order valence-electron chi connectivity index (χ1n) is 5.43. The van der Waals surface area contributed by atoms with Crippen LogP contribution >= 0.6 is 0 Å². The second kappa shape index (κ2) is 5.71. The summed E-state index contributed by atoms with van der Waals surface area (Å²) in [6, 6.07) is 5.37. The summed E-state index contributed by atoms with van der Waals surface area (Å²) < 4.78 is 13.4. The average molecular weight is 210 g/mol. The van der Waals surface area contributed by atoms with Crippen LogP contribution in [0.2, 0.25) is 0 Å². The van der Waals surface area contributed by atoms with E-state index in [0.29, 0.717) is 11.6 Å². The summed E-state index contributed by atoms with van der Waals surface area (Å²) in [5.41, 5.74) is 6.91. The highest BCUT2D eigenvalue weighted by Crippen LogP contribution is 2.19. The fraction of sp³-hybridized carbons (Fsp3) is 0.500. The number of hydrogen-bond acceptors (Lipinski definition) is 2. The topological polar surface area (TPSA) is 38.0 Å². The standard InChI is InChI=1S/C12H19FN2/c1-3-5-9(2)15-12-7-4-6-11(13)10(12)8-14/h4,6-7,9,15H,3,5,8,14H2,1-2H3.